The van der Waals surface area contributed by atoms with Crippen LogP contribution in [-0.4, -0.2) is 12.3 Å². The molecular weight excluding hydrogens is 164 g/mol. The highest BCUT2D eigenvalue weighted by atomic mass is 16.1. The summed E-state index contributed by atoms with van der Waals surface area (Å²) in [5.41, 5.74) is 12.7. The Labute approximate surface area is 77.7 Å². The number of Topliss-reactive ketones (excluding diaryl/α,β-unsaturated/α-hetero) is 1. The number of rotatable bonds is 3. The highest BCUT2D eigenvalue weighted by Gasteiger charge is 2.05. The van der Waals surface area contributed by atoms with E-state index in [1.807, 2.05) is 12.1 Å². The summed E-state index contributed by atoms with van der Waals surface area (Å²) in [6.07, 6.45) is 0. The van der Waals surface area contributed by atoms with Gasteiger partial charge >= 0.3 is 0 Å². The summed E-state index contributed by atoms with van der Waals surface area (Å²) in [6.45, 7) is 1.93. The van der Waals surface area contributed by atoms with Crippen molar-refractivity contribution in [2.45, 2.75) is 13.0 Å². The Morgan fingerprint density at radius 2 is 2.23 bits per heavy atom. The number of carbonyl (C=O) groups excluding carboxylic acids is 1. The zero-order valence-electron chi connectivity index (χ0n) is 7.66. The summed E-state index contributed by atoms with van der Waals surface area (Å²) in [5, 5.41) is 0. The molecule has 70 valence electrons. The van der Waals surface area contributed by atoms with Crippen LogP contribution in [0.5, 0.6) is 0 Å². The molecule has 0 fully saturated rings. The molecule has 0 saturated carbocycles. The third kappa shape index (κ3) is 2.37. The van der Waals surface area contributed by atoms with Crippen molar-refractivity contribution in [1.82, 2.24) is 0 Å². The van der Waals surface area contributed by atoms with Crippen molar-refractivity contribution in [3.63, 3.8) is 0 Å². The average molecular weight is 178 g/mol. The van der Waals surface area contributed by atoms with Crippen molar-refractivity contribution >= 4 is 5.78 Å². The number of benzene rings is 1. The van der Waals surface area contributed by atoms with Gasteiger partial charge in [-0.15, -0.1) is 0 Å². The van der Waals surface area contributed by atoms with Gasteiger partial charge in [0.15, 0.2) is 5.78 Å². The Balaban J connectivity index is 2.98. The number of ketones is 1. The maximum Gasteiger partial charge on any atom is 0.159 e. The first-order valence-corrected chi connectivity index (χ1v) is 4.21. The van der Waals surface area contributed by atoms with Crippen molar-refractivity contribution in [3.8, 4) is 0 Å². The topological polar surface area (TPSA) is 69.1 Å². The minimum Gasteiger partial charge on any atom is -0.329 e. The summed E-state index contributed by atoms with van der Waals surface area (Å²) in [7, 11) is 0. The maximum absolute atomic E-state index is 11.0. The van der Waals surface area contributed by atoms with E-state index in [4.69, 9.17) is 11.5 Å². The molecular formula is C10H14N2O. The van der Waals surface area contributed by atoms with Gasteiger partial charge in [0.2, 0.25) is 0 Å². The summed E-state index contributed by atoms with van der Waals surface area (Å²) < 4.78 is 0. The van der Waals surface area contributed by atoms with Gasteiger partial charge in [0.05, 0.1) is 0 Å². The summed E-state index contributed by atoms with van der Waals surface area (Å²) in [4.78, 5) is 11.0. The van der Waals surface area contributed by atoms with Crippen LogP contribution < -0.4 is 11.5 Å². The van der Waals surface area contributed by atoms with E-state index in [1.165, 1.54) is 6.92 Å². The molecule has 1 aromatic carbocycles. The number of hydrogen-bond acceptors (Lipinski definition) is 3. The number of hydrogen-bond donors (Lipinski definition) is 2. The van der Waals surface area contributed by atoms with E-state index in [0.29, 0.717) is 12.1 Å². The van der Waals surface area contributed by atoms with Crippen LogP contribution in [0.3, 0.4) is 0 Å². The SMILES string of the molecule is CC(=O)c1cccc(C(N)CN)c1. The van der Waals surface area contributed by atoms with Gasteiger partial charge in [-0.1, -0.05) is 18.2 Å². The lowest BCUT2D eigenvalue weighted by Gasteiger charge is -2.09. The lowest BCUT2D eigenvalue weighted by Crippen LogP contribution is -2.20. The molecule has 1 aromatic rings. The molecule has 0 heterocycles. The molecule has 1 rings (SSSR count). The Hall–Kier alpha value is -1.19. The normalized spacial score (nSPS) is 12.5. The first kappa shape index (κ1) is 9.89. The summed E-state index contributed by atoms with van der Waals surface area (Å²) in [5.74, 6) is 0.0473. The van der Waals surface area contributed by atoms with Gasteiger partial charge in [-0.25, -0.2) is 0 Å². The minimum absolute atomic E-state index is 0.0473. The molecule has 0 aromatic heterocycles. The van der Waals surface area contributed by atoms with Crippen molar-refractivity contribution in [2.75, 3.05) is 6.54 Å². The average Bonchev–Trinajstić information content (AvgIpc) is 2.17. The molecule has 0 aliphatic heterocycles. The molecule has 13 heavy (non-hydrogen) atoms. The van der Waals surface area contributed by atoms with E-state index < -0.39 is 0 Å². The second kappa shape index (κ2) is 4.16. The molecule has 0 spiro atoms. The zero-order valence-corrected chi connectivity index (χ0v) is 7.66. The van der Waals surface area contributed by atoms with E-state index in [9.17, 15) is 4.79 Å². The predicted molar refractivity (Wildman–Crippen MR) is 52.4 cm³/mol. The fourth-order valence-corrected chi connectivity index (χ4v) is 1.12. The summed E-state index contributed by atoms with van der Waals surface area (Å²) >= 11 is 0. The quantitative estimate of drug-likeness (QED) is 0.674. The standard InChI is InChI=1S/C10H14N2O/c1-7(13)8-3-2-4-9(5-8)10(12)6-11/h2-5,10H,6,11-12H2,1H3. The molecule has 0 aliphatic carbocycles. The molecule has 3 nitrogen and oxygen atoms in total. The van der Waals surface area contributed by atoms with Crippen LogP contribution in [0.2, 0.25) is 0 Å². The minimum atomic E-state index is -0.181. The molecule has 0 amide bonds. The molecule has 3 heteroatoms. The van der Waals surface area contributed by atoms with Crippen molar-refractivity contribution < 1.29 is 4.79 Å². The van der Waals surface area contributed by atoms with Crippen LogP contribution in [0, 0.1) is 0 Å². The molecule has 0 aliphatic rings. The fourth-order valence-electron chi connectivity index (χ4n) is 1.12. The van der Waals surface area contributed by atoms with Crippen LogP contribution in [0.15, 0.2) is 24.3 Å². The van der Waals surface area contributed by atoms with Gasteiger partial charge < -0.3 is 11.5 Å². The van der Waals surface area contributed by atoms with Crippen LogP contribution >= 0.6 is 0 Å². The highest BCUT2D eigenvalue weighted by molar-refractivity contribution is 5.94. The Bertz CT molecular complexity index is 310. The van der Waals surface area contributed by atoms with E-state index in [-0.39, 0.29) is 11.8 Å². The highest BCUT2D eigenvalue weighted by Crippen LogP contribution is 2.11. The van der Waals surface area contributed by atoms with E-state index >= 15 is 0 Å². The van der Waals surface area contributed by atoms with E-state index in [1.54, 1.807) is 12.1 Å². The smallest absolute Gasteiger partial charge is 0.159 e. The second-order valence-electron chi connectivity index (χ2n) is 3.02. The van der Waals surface area contributed by atoms with Crippen molar-refractivity contribution in [1.29, 1.82) is 0 Å². The van der Waals surface area contributed by atoms with Gasteiger partial charge in [-0.05, 0) is 18.6 Å². The van der Waals surface area contributed by atoms with E-state index in [2.05, 4.69) is 0 Å². The van der Waals surface area contributed by atoms with Crippen LogP contribution in [0.25, 0.3) is 0 Å². The van der Waals surface area contributed by atoms with Gasteiger partial charge in [0, 0.05) is 18.2 Å². The lowest BCUT2D eigenvalue weighted by molar-refractivity contribution is 0.101. The second-order valence-corrected chi connectivity index (χ2v) is 3.02. The fraction of sp³-hybridized carbons (Fsp3) is 0.300. The zero-order chi connectivity index (χ0) is 9.84. The Morgan fingerprint density at radius 3 is 2.77 bits per heavy atom. The first-order chi connectivity index (χ1) is 6.15. The first-order valence-electron chi connectivity index (χ1n) is 4.21. The Morgan fingerprint density at radius 1 is 1.54 bits per heavy atom. The Kier molecular flexibility index (Phi) is 3.17. The molecule has 0 radical (unpaired) electrons. The number of nitrogens with two attached hydrogens (primary N) is 2. The number of carbonyl (C=O) groups is 1. The maximum atomic E-state index is 11.0. The molecule has 4 N–H and O–H groups in total. The van der Waals surface area contributed by atoms with E-state index in [0.717, 1.165) is 5.56 Å². The summed E-state index contributed by atoms with van der Waals surface area (Å²) in [6, 6.07) is 7.08. The van der Waals surface area contributed by atoms with Gasteiger partial charge in [0.1, 0.15) is 0 Å². The van der Waals surface area contributed by atoms with Crippen LogP contribution in [-0.2, 0) is 0 Å². The van der Waals surface area contributed by atoms with Crippen LogP contribution in [0.4, 0.5) is 0 Å². The monoisotopic (exact) mass is 178 g/mol. The molecule has 0 saturated heterocycles. The third-order valence-electron chi connectivity index (χ3n) is 1.98. The van der Waals surface area contributed by atoms with Crippen molar-refractivity contribution in [3.05, 3.63) is 35.4 Å². The molecule has 1 atom stereocenters. The van der Waals surface area contributed by atoms with Gasteiger partial charge in [-0.3, -0.25) is 4.79 Å². The third-order valence-corrected chi connectivity index (χ3v) is 1.98. The van der Waals surface area contributed by atoms with Crippen molar-refractivity contribution in [2.24, 2.45) is 11.5 Å². The lowest BCUT2D eigenvalue weighted by atomic mass is 10.0. The molecule has 0 bridgehead atoms. The largest absolute Gasteiger partial charge is 0.329 e. The van der Waals surface area contributed by atoms with Gasteiger partial charge in [0.25, 0.3) is 0 Å². The predicted octanol–water partition coefficient (Wildman–Crippen LogP) is 0.848. The molecule has 1 unspecified atom stereocenters. The van der Waals surface area contributed by atoms with Crippen LogP contribution in [0.1, 0.15) is 28.9 Å². The van der Waals surface area contributed by atoms with Gasteiger partial charge in [-0.2, -0.15) is 0 Å².